The van der Waals surface area contributed by atoms with Crippen LogP contribution in [-0.4, -0.2) is 0 Å². The number of hydrogen-bond donors (Lipinski definition) is 0. The Bertz CT molecular complexity index is 2730. The molecule has 1 heterocycles. The molecule has 0 N–H and O–H groups in total. The van der Waals surface area contributed by atoms with E-state index in [4.69, 9.17) is 0 Å². The average Bonchev–Trinajstić information content (AvgIpc) is 3.62. The van der Waals surface area contributed by atoms with E-state index in [0.29, 0.717) is 0 Å². The summed E-state index contributed by atoms with van der Waals surface area (Å²) in [5, 5.41) is 7.76. The van der Waals surface area contributed by atoms with E-state index in [9.17, 15) is 0 Å². The largest absolute Gasteiger partial charge is 0.310 e. The molecule has 0 amide bonds. The van der Waals surface area contributed by atoms with Crippen LogP contribution in [0.5, 0.6) is 0 Å². The summed E-state index contributed by atoms with van der Waals surface area (Å²) in [5.74, 6) is 0. The number of benzene rings is 8. The Morgan fingerprint density at radius 3 is 1.92 bits per heavy atom. The first-order chi connectivity index (χ1) is 24.0. The molecule has 232 valence electrons. The highest BCUT2D eigenvalue weighted by atomic mass is 32.1. The summed E-state index contributed by atoms with van der Waals surface area (Å²) in [5.41, 5.74) is 11.2. The normalized spacial score (nSPS) is 13.3. The Hall–Kier alpha value is -5.70. The maximum Gasteiger partial charge on any atom is 0.0468 e. The molecular formula is C47H33NS. The van der Waals surface area contributed by atoms with Crippen molar-refractivity contribution in [2.75, 3.05) is 4.90 Å². The predicted octanol–water partition coefficient (Wildman–Crippen LogP) is 13.8. The standard InChI is InChI=1S/C47H33NS/c1-47(2)43-14-8-6-12-37(43)38-25-24-36(28-44(38)47)48(34-21-18-31(19-22-34)30-10-4-3-5-11-30)35-23-20-32-16-17-33-26-46-42(29-41(33)40(32)27-35)39-13-7-9-15-45(39)49-46/h3-29H,1-2H3. The highest BCUT2D eigenvalue weighted by Crippen LogP contribution is 2.51. The minimum Gasteiger partial charge on any atom is -0.310 e. The maximum absolute atomic E-state index is 2.44. The van der Waals surface area contributed by atoms with Crippen molar-refractivity contribution in [3.05, 3.63) is 175 Å². The third kappa shape index (κ3) is 4.38. The SMILES string of the molecule is CC1(C)c2ccccc2-c2ccc(N(c3ccc(-c4ccccc4)cc3)c3ccc4ccc5cc6sc7ccccc7c6cc5c4c3)cc21. The molecule has 1 nitrogen and oxygen atoms in total. The third-order valence-electron chi connectivity index (χ3n) is 10.6. The molecular weight excluding hydrogens is 611 g/mol. The van der Waals surface area contributed by atoms with Crippen LogP contribution in [0.25, 0.3) is 64.0 Å². The summed E-state index contributed by atoms with van der Waals surface area (Å²) in [6.07, 6.45) is 0. The second-order valence-corrected chi connectivity index (χ2v) is 14.9. The van der Waals surface area contributed by atoms with E-state index >= 15 is 0 Å². The Morgan fingerprint density at radius 1 is 0.408 bits per heavy atom. The van der Waals surface area contributed by atoms with Gasteiger partial charge in [-0.15, -0.1) is 11.3 Å². The zero-order valence-electron chi connectivity index (χ0n) is 27.4. The minimum absolute atomic E-state index is 0.0843. The summed E-state index contributed by atoms with van der Waals surface area (Å²) in [6.45, 7) is 4.72. The fourth-order valence-electron chi connectivity index (χ4n) is 8.11. The zero-order valence-corrected chi connectivity index (χ0v) is 28.3. The molecule has 0 spiro atoms. The van der Waals surface area contributed by atoms with Crippen molar-refractivity contribution in [3.63, 3.8) is 0 Å². The summed E-state index contributed by atoms with van der Waals surface area (Å²) in [7, 11) is 0. The molecule has 2 heteroatoms. The number of thiophene rings is 1. The fourth-order valence-corrected chi connectivity index (χ4v) is 9.25. The van der Waals surface area contributed by atoms with Crippen molar-refractivity contribution in [2.45, 2.75) is 19.3 Å². The van der Waals surface area contributed by atoms with Crippen LogP contribution < -0.4 is 4.90 Å². The first-order valence-electron chi connectivity index (χ1n) is 17.0. The van der Waals surface area contributed by atoms with Gasteiger partial charge in [0.2, 0.25) is 0 Å². The molecule has 1 aromatic heterocycles. The maximum atomic E-state index is 2.44. The highest BCUT2D eigenvalue weighted by molar-refractivity contribution is 7.25. The molecule has 0 saturated heterocycles. The smallest absolute Gasteiger partial charge is 0.0468 e. The van der Waals surface area contributed by atoms with Gasteiger partial charge in [-0.1, -0.05) is 123 Å². The predicted molar refractivity (Wildman–Crippen MR) is 212 cm³/mol. The molecule has 10 rings (SSSR count). The van der Waals surface area contributed by atoms with E-state index in [1.165, 1.54) is 75.1 Å². The molecule has 0 unspecified atom stereocenters. The van der Waals surface area contributed by atoms with Gasteiger partial charge in [0.05, 0.1) is 0 Å². The van der Waals surface area contributed by atoms with Crippen LogP contribution in [0.2, 0.25) is 0 Å². The lowest BCUT2D eigenvalue weighted by Gasteiger charge is -2.28. The average molecular weight is 644 g/mol. The van der Waals surface area contributed by atoms with Gasteiger partial charge in [0.15, 0.2) is 0 Å². The summed E-state index contributed by atoms with van der Waals surface area (Å²) >= 11 is 1.88. The Labute approximate surface area is 290 Å². The van der Waals surface area contributed by atoms with Gasteiger partial charge in [0.1, 0.15) is 0 Å². The number of fused-ring (bicyclic) bond motifs is 9. The first kappa shape index (κ1) is 28.3. The molecule has 0 fully saturated rings. The topological polar surface area (TPSA) is 3.24 Å². The van der Waals surface area contributed by atoms with Gasteiger partial charge in [0.25, 0.3) is 0 Å². The second-order valence-electron chi connectivity index (χ2n) is 13.8. The van der Waals surface area contributed by atoms with Crippen LogP contribution in [0.3, 0.4) is 0 Å². The molecule has 0 radical (unpaired) electrons. The lowest BCUT2D eigenvalue weighted by molar-refractivity contribution is 0.660. The number of hydrogen-bond acceptors (Lipinski definition) is 2. The van der Waals surface area contributed by atoms with Crippen molar-refractivity contribution >= 4 is 70.1 Å². The Kier molecular flexibility index (Phi) is 6.16. The van der Waals surface area contributed by atoms with E-state index in [2.05, 4.69) is 183 Å². The third-order valence-corrected chi connectivity index (χ3v) is 11.8. The lowest BCUT2D eigenvalue weighted by Crippen LogP contribution is -2.16. The van der Waals surface area contributed by atoms with E-state index in [-0.39, 0.29) is 5.41 Å². The van der Waals surface area contributed by atoms with E-state index in [1.54, 1.807) is 0 Å². The first-order valence-corrected chi connectivity index (χ1v) is 17.8. The monoisotopic (exact) mass is 643 g/mol. The van der Waals surface area contributed by atoms with Gasteiger partial charge >= 0.3 is 0 Å². The van der Waals surface area contributed by atoms with Crippen LogP contribution >= 0.6 is 11.3 Å². The van der Waals surface area contributed by atoms with Crippen molar-refractivity contribution in [1.29, 1.82) is 0 Å². The molecule has 0 atom stereocenters. The summed E-state index contributed by atoms with van der Waals surface area (Å²) < 4.78 is 2.68. The van der Waals surface area contributed by atoms with Gasteiger partial charge in [-0.05, 0) is 110 Å². The molecule has 8 aromatic carbocycles. The fraction of sp³-hybridized carbons (Fsp3) is 0.0638. The van der Waals surface area contributed by atoms with Crippen LogP contribution in [0, 0.1) is 0 Å². The lowest BCUT2D eigenvalue weighted by atomic mass is 9.82. The van der Waals surface area contributed by atoms with E-state index in [1.807, 2.05) is 11.3 Å². The molecule has 1 aliphatic carbocycles. The Morgan fingerprint density at radius 2 is 1.04 bits per heavy atom. The van der Waals surface area contributed by atoms with E-state index in [0.717, 1.165) is 17.1 Å². The van der Waals surface area contributed by atoms with Gasteiger partial charge in [-0.25, -0.2) is 0 Å². The molecule has 0 aliphatic heterocycles. The van der Waals surface area contributed by atoms with Crippen molar-refractivity contribution in [2.24, 2.45) is 0 Å². The van der Waals surface area contributed by atoms with Crippen molar-refractivity contribution < 1.29 is 0 Å². The number of anilines is 3. The molecule has 0 bridgehead atoms. The van der Waals surface area contributed by atoms with Crippen LogP contribution in [-0.2, 0) is 5.41 Å². The minimum atomic E-state index is -0.0843. The Balaban J connectivity index is 1.18. The van der Waals surface area contributed by atoms with Gasteiger partial charge in [-0.2, -0.15) is 0 Å². The van der Waals surface area contributed by atoms with Crippen LogP contribution in [0.4, 0.5) is 17.1 Å². The molecule has 1 aliphatic rings. The van der Waals surface area contributed by atoms with Crippen molar-refractivity contribution in [3.8, 4) is 22.3 Å². The zero-order chi connectivity index (χ0) is 32.7. The van der Waals surface area contributed by atoms with Crippen LogP contribution in [0.1, 0.15) is 25.0 Å². The van der Waals surface area contributed by atoms with Gasteiger partial charge < -0.3 is 4.90 Å². The molecule has 49 heavy (non-hydrogen) atoms. The number of rotatable bonds is 4. The van der Waals surface area contributed by atoms with Gasteiger partial charge in [0, 0.05) is 42.6 Å². The van der Waals surface area contributed by atoms with E-state index < -0.39 is 0 Å². The highest BCUT2D eigenvalue weighted by Gasteiger charge is 2.35. The molecule has 0 saturated carbocycles. The van der Waals surface area contributed by atoms with Crippen molar-refractivity contribution in [1.82, 2.24) is 0 Å². The molecule has 9 aromatic rings. The quantitative estimate of drug-likeness (QED) is 0.173. The summed E-state index contributed by atoms with van der Waals surface area (Å²) in [4.78, 5) is 2.44. The second kappa shape index (κ2) is 10.7. The number of nitrogens with zero attached hydrogens (tertiary/aromatic N) is 1. The van der Waals surface area contributed by atoms with Gasteiger partial charge in [-0.3, -0.25) is 0 Å². The summed E-state index contributed by atoms with van der Waals surface area (Å²) in [6, 6.07) is 60.7. The van der Waals surface area contributed by atoms with Crippen LogP contribution in [0.15, 0.2) is 164 Å².